The van der Waals surface area contributed by atoms with Gasteiger partial charge in [0.2, 0.25) is 0 Å². The van der Waals surface area contributed by atoms with E-state index in [-0.39, 0.29) is 0 Å². The van der Waals surface area contributed by atoms with Crippen LogP contribution in [0.1, 0.15) is 33.1 Å². The zero-order valence-corrected chi connectivity index (χ0v) is 7.86. The number of unbranched alkanes of at least 4 members (excludes halogenated alkanes) is 1. The number of rotatable bonds is 6. The lowest BCUT2D eigenvalue weighted by atomic mass is 10.3. The summed E-state index contributed by atoms with van der Waals surface area (Å²) in [5.41, 5.74) is 0. The van der Waals surface area contributed by atoms with E-state index in [2.05, 4.69) is 26.5 Å². The zero-order chi connectivity index (χ0) is 7.82. The minimum Gasteiger partial charge on any atom is -0.380 e. The molecule has 2 heteroatoms. The molecule has 0 saturated carbocycles. The van der Waals surface area contributed by atoms with Gasteiger partial charge in [-0.05, 0) is 12.8 Å². The summed E-state index contributed by atoms with van der Waals surface area (Å²) in [7, 11) is 0. The summed E-state index contributed by atoms with van der Waals surface area (Å²) in [5, 5.41) is 0.428. The Kier molecular flexibility index (Phi) is 7.65. The smallest absolute Gasteiger partial charge is 0.0582 e. The van der Waals surface area contributed by atoms with Gasteiger partial charge < -0.3 is 4.74 Å². The molecule has 1 unspecified atom stereocenters. The molecule has 0 aromatic rings. The number of hydrogen-bond donors (Lipinski definition) is 1. The van der Waals surface area contributed by atoms with Crippen molar-refractivity contribution in [1.29, 1.82) is 0 Å². The van der Waals surface area contributed by atoms with Gasteiger partial charge in [-0.1, -0.05) is 20.3 Å². The molecule has 10 heavy (non-hydrogen) atoms. The molecule has 0 saturated heterocycles. The standard InChI is InChI=1S/C8H18OS/c1-3-5-6-9-7-8(10)4-2/h8,10H,3-7H2,1-2H3. The molecule has 1 atom stereocenters. The van der Waals surface area contributed by atoms with Crippen LogP contribution in [0.4, 0.5) is 0 Å². The Morgan fingerprint density at radius 2 is 2.10 bits per heavy atom. The Hall–Kier alpha value is 0.310. The fourth-order valence-corrected chi connectivity index (χ4v) is 0.689. The molecule has 0 amide bonds. The third kappa shape index (κ3) is 6.43. The summed E-state index contributed by atoms with van der Waals surface area (Å²) in [4.78, 5) is 0. The van der Waals surface area contributed by atoms with Crippen LogP contribution in [0.25, 0.3) is 0 Å². The normalized spacial score (nSPS) is 13.5. The monoisotopic (exact) mass is 162 g/mol. The van der Waals surface area contributed by atoms with Gasteiger partial charge in [0.05, 0.1) is 6.61 Å². The maximum Gasteiger partial charge on any atom is 0.0582 e. The molecule has 62 valence electrons. The summed E-state index contributed by atoms with van der Waals surface area (Å²) in [6, 6.07) is 0. The fourth-order valence-electron chi connectivity index (χ4n) is 0.584. The van der Waals surface area contributed by atoms with E-state index in [0.29, 0.717) is 5.25 Å². The van der Waals surface area contributed by atoms with Crippen molar-refractivity contribution in [1.82, 2.24) is 0 Å². The summed E-state index contributed by atoms with van der Waals surface area (Å²) < 4.78 is 5.35. The molecule has 0 aliphatic rings. The molecule has 0 fully saturated rings. The number of ether oxygens (including phenoxy) is 1. The van der Waals surface area contributed by atoms with Crippen LogP contribution in [0, 0.1) is 0 Å². The second-order valence-corrected chi connectivity index (χ2v) is 3.22. The van der Waals surface area contributed by atoms with E-state index in [1.807, 2.05) is 0 Å². The molecule has 0 spiro atoms. The first-order valence-corrected chi connectivity index (χ1v) is 4.58. The zero-order valence-electron chi connectivity index (χ0n) is 6.97. The molecular formula is C8H18OS. The highest BCUT2D eigenvalue weighted by molar-refractivity contribution is 7.81. The Bertz CT molecular complexity index is 66.3. The average molecular weight is 162 g/mol. The molecule has 0 heterocycles. The third-order valence-corrected chi connectivity index (χ3v) is 1.94. The van der Waals surface area contributed by atoms with Crippen molar-refractivity contribution >= 4 is 12.6 Å². The largest absolute Gasteiger partial charge is 0.380 e. The Morgan fingerprint density at radius 1 is 1.40 bits per heavy atom. The van der Waals surface area contributed by atoms with Gasteiger partial charge in [-0.15, -0.1) is 0 Å². The van der Waals surface area contributed by atoms with Crippen molar-refractivity contribution in [2.45, 2.75) is 38.4 Å². The van der Waals surface area contributed by atoms with Crippen molar-refractivity contribution < 1.29 is 4.74 Å². The van der Waals surface area contributed by atoms with Crippen LogP contribution >= 0.6 is 12.6 Å². The van der Waals surface area contributed by atoms with E-state index in [4.69, 9.17) is 4.74 Å². The lowest BCUT2D eigenvalue weighted by Crippen LogP contribution is -2.08. The molecule has 0 aliphatic heterocycles. The summed E-state index contributed by atoms with van der Waals surface area (Å²) in [5.74, 6) is 0. The maximum absolute atomic E-state index is 5.35. The SMILES string of the molecule is CCCCOCC(S)CC. The second-order valence-electron chi connectivity index (χ2n) is 2.49. The van der Waals surface area contributed by atoms with Gasteiger partial charge in [0.1, 0.15) is 0 Å². The molecule has 0 aromatic heterocycles. The van der Waals surface area contributed by atoms with E-state index >= 15 is 0 Å². The van der Waals surface area contributed by atoms with Crippen molar-refractivity contribution in [2.75, 3.05) is 13.2 Å². The van der Waals surface area contributed by atoms with Crippen molar-refractivity contribution in [2.24, 2.45) is 0 Å². The van der Waals surface area contributed by atoms with E-state index < -0.39 is 0 Å². The van der Waals surface area contributed by atoms with Gasteiger partial charge in [-0.25, -0.2) is 0 Å². The van der Waals surface area contributed by atoms with Gasteiger partial charge >= 0.3 is 0 Å². The molecular weight excluding hydrogens is 144 g/mol. The van der Waals surface area contributed by atoms with E-state index in [0.717, 1.165) is 19.6 Å². The second kappa shape index (κ2) is 7.42. The van der Waals surface area contributed by atoms with E-state index in [9.17, 15) is 0 Å². The van der Waals surface area contributed by atoms with Gasteiger partial charge in [0.15, 0.2) is 0 Å². The average Bonchev–Trinajstić information content (AvgIpc) is 1.98. The van der Waals surface area contributed by atoms with Crippen LogP contribution in [-0.2, 0) is 4.74 Å². The summed E-state index contributed by atoms with van der Waals surface area (Å²) in [6.07, 6.45) is 3.48. The Balaban J connectivity index is 2.89. The lowest BCUT2D eigenvalue weighted by molar-refractivity contribution is 0.132. The third-order valence-electron chi connectivity index (χ3n) is 1.42. The van der Waals surface area contributed by atoms with Crippen LogP contribution in [0.3, 0.4) is 0 Å². The van der Waals surface area contributed by atoms with Crippen LogP contribution in [0.15, 0.2) is 0 Å². The van der Waals surface area contributed by atoms with Gasteiger partial charge in [0, 0.05) is 11.9 Å². The molecule has 0 radical (unpaired) electrons. The van der Waals surface area contributed by atoms with Crippen LogP contribution in [-0.4, -0.2) is 18.5 Å². The Morgan fingerprint density at radius 3 is 2.60 bits per heavy atom. The lowest BCUT2D eigenvalue weighted by Gasteiger charge is -2.07. The van der Waals surface area contributed by atoms with Gasteiger partial charge in [0.25, 0.3) is 0 Å². The number of hydrogen-bond acceptors (Lipinski definition) is 2. The maximum atomic E-state index is 5.35. The highest BCUT2D eigenvalue weighted by atomic mass is 32.1. The van der Waals surface area contributed by atoms with Gasteiger partial charge in [-0.3, -0.25) is 0 Å². The van der Waals surface area contributed by atoms with Crippen molar-refractivity contribution in [3.63, 3.8) is 0 Å². The first-order chi connectivity index (χ1) is 4.81. The van der Waals surface area contributed by atoms with Crippen LogP contribution in [0.2, 0.25) is 0 Å². The molecule has 0 N–H and O–H groups in total. The van der Waals surface area contributed by atoms with E-state index in [1.54, 1.807) is 0 Å². The highest BCUT2D eigenvalue weighted by Crippen LogP contribution is 2.00. The predicted molar refractivity (Wildman–Crippen MR) is 48.8 cm³/mol. The fraction of sp³-hybridized carbons (Fsp3) is 1.00. The minimum atomic E-state index is 0.428. The predicted octanol–water partition coefficient (Wildman–Crippen LogP) is 2.51. The number of thiol groups is 1. The summed E-state index contributed by atoms with van der Waals surface area (Å²) >= 11 is 4.31. The highest BCUT2D eigenvalue weighted by Gasteiger charge is 1.97. The summed E-state index contributed by atoms with van der Waals surface area (Å²) in [6.45, 7) is 6.00. The van der Waals surface area contributed by atoms with Crippen LogP contribution in [0.5, 0.6) is 0 Å². The first kappa shape index (κ1) is 10.3. The van der Waals surface area contributed by atoms with Gasteiger partial charge in [-0.2, -0.15) is 12.6 Å². The molecule has 0 aromatic carbocycles. The quantitative estimate of drug-likeness (QED) is 0.466. The van der Waals surface area contributed by atoms with Crippen molar-refractivity contribution in [3.05, 3.63) is 0 Å². The molecule has 0 rings (SSSR count). The topological polar surface area (TPSA) is 9.23 Å². The molecule has 1 nitrogen and oxygen atoms in total. The van der Waals surface area contributed by atoms with Crippen molar-refractivity contribution in [3.8, 4) is 0 Å². The molecule has 0 bridgehead atoms. The molecule has 0 aliphatic carbocycles. The van der Waals surface area contributed by atoms with E-state index in [1.165, 1.54) is 12.8 Å². The first-order valence-electron chi connectivity index (χ1n) is 4.07. The Labute approximate surface area is 69.6 Å². The van der Waals surface area contributed by atoms with Crippen LogP contribution < -0.4 is 0 Å². The minimum absolute atomic E-state index is 0.428.